The third kappa shape index (κ3) is 4.09. The molecule has 0 spiro atoms. The molecule has 4 heteroatoms. The van der Waals surface area contributed by atoms with E-state index in [1.54, 1.807) is 4.90 Å². The largest absolute Gasteiger partial charge is 0.480 e. The number of benzene rings is 1. The summed E-state index contributed by atoms with van der Waals surface area (Å²) >= 11 is 0. The minimum absolute atomic E-state index is 0.0416. The lowest BCUT2D eigenvalue weighted by atomic mass is 9.99. The number of nitrogens with zero attached hydrogens (tertiary/aromatic N) is 1. The maximum Gasteiger partial charge on any atom is 0.326 e. The van der Waals surface area contributed by atoms with Gasteiger partial charge in [-0.25, -0.2) is 4.79 Å². The summed E-state index contributed by atoms with van der Waals surface area (Å²) in [6, 6.07) is 7.70. The van der Waals surface area contributed by atoms with Crippen LogP contribution in [0.1, 0.15) is 56.6 Å². The molecule has 22 heavy (non-hydrogen) atoms. The van der Waals surface area contributed by atoms with Crippen LogP contribution in [0.3, 0.4) is 0 Å². The summed E-state index contributed by atoms with van der Waals surface area (Å²) in [5.74, 6) is -0.422. The molecule has 1 atom stereocenters. The second-order valence-corrected chi connectivity index (χ2v) is 6.33. The summed E-state index contributed by atoms with van der Waals surface area (Å²) in [4.78, 5) is 25.1. The molecule has 1 N–H and O–H groups in total. The van der Waals surface area contributed by atoms with Gasteiger partial charge in [0.1, 0.15) is 6.04 Å². The van der Waals surface area contributed by atoms with Gasteiger partial charge in [-0.3, -0.25) is 4.79 Å². The van der Waals surface area contributed by atoms with Crippen molar-refractivity contribution in [2.24, 2.45) is 0 Å². The molecule has 2 rings (SSSR count). The highest BCUT2D eigenvalue weighted by atomic mass is 16.4. The molecule has 0 aliphatic carbocycles. The van der Waals surface area contributed by atoms with Crippen LogP contribution in [0.5, 0.6) is 0 Å². The van der Waals surface area contributed by atoms with Crippen molar-refractivity contribution in [2.75, 3.05) is 6.54 Å². The molecular weight excluding hydrogens is 278 g/mol. The number of amides is 1. The highest BCUT2D eigenvalue weighted by Crippen LogP contribution is 2.20. The highest BCUT2D eigenvalue weighted by molar-refractivity contribution is 5.84. The van der Waals surface area contributed by atoms with E-state index in [1.807, 2.05) is 0 Å². The number of carboxylic acid groups (broad SMARTS) is 1. The monoisotopic (exact) mass is 303 g/mol. The van der Waals surface area contributed by atoms with Crippen LogP contribution in [0, 0.1) is 0 Å². The molecule has 0 bridgehead atoms. The average molecular weight is 303 g/mol. The molecule has 1 saturated heterocycles. The van der Waals surface area contributed by atoms with Crippen molar-refractivity contribution in [3.63, 3.8) is 0 Å². The van der Waals surface area contributed by atoms with E-state index in [0.717, 1.165) is 18.4 Å². The van der Waals surface area contributed by atoms with E-state index in [0.29, 0.717) is 31.7 Å². The summed E-state index contributed by atoms with van der Waals surface area (Å²) in [7, 11) is 0. The zero-order valence-electron chi connectivity index (χ0n) is 13.4. The molecular formula is C18H25NO3. The molecule has 0 aromatic heterocycles. The Labute approximate surface area is 132 Å². The number of rotatable bonds is 5. The van der Waals surface area contributed by atoms with Gasteiger partial charge in [0, 0.05) is 13.0 Å². The Morgan fingerprint density at radius 3 is 2.50 bits per heavy atom. The van der Waals surface area contributed by atoms with Crippen LogP contribution >= 0.6 is 0 Å². The Morgan fingerprint density at radius 1 is 1.23 bits per heavy atom. The molecule has 1 aliphatic rings. The van der Waals surface area contributed by atoms with Crippen LogP contribution in [-0.2, 0) is 16.0 Å². The molecule has 1 amide bonds. The van der Waals surface area contributed by atoms with E-state index in [9.17, 15) is 14.7 Å². The fourth-order valence-corrected chi connectivity index (χ4v) is 2.95. The third-order valence-electron chi connectivity index (χ3n) is 4.38. The van der Waals surface area contributed by atoms with Crippen molar-refractivity contribution < 1.29 is 14.7 Å². The van der Waals surface area contributed by atoms with Crippen molar-refractivity contribution in [3.05, 3.63) is 35.4 Å². The van der Waals surface area contributed by atoms with Gasteiger partial charge in [-0.05, 0) is 42.7 Å². The van der Waals surface area contributed by atoms with Gasteiger partial charge in [0.05, 0.1) is 0 Å². The molecule has 1 heterocycles. The first kappa shape index (κ1) is 16.5. The quantitative estimate of drug-likeness (QED) is 0.908. The minimum Gasteiger partial charge on any atom is -0.480 e. The minimum atomic E-state index is -0.880. The second kappa shape index (κ2) is 7.43. The number of likely N-dealkylation sites (tertiary alicyclic amines) is 1. The number of carbonyl (C=O) groups is 2. The maximum absolute atomic E-state index is 12.3. The van der Waals surface area contributed by atoms with Gasteiger partial charge in [-0.15, -0.1) is 0 Å². The maximum atomic E-state index is 12.3. The first-order valence-electron chi connectivity index (χ1n) is 8.10. The van der Waals surface area contributed by atoms with Gasteiger partial charge >= 0.3 is 5.97 Å². The number of aliphatic carboxylic acids is 1. The van der Waals surface area contributed by atoms with Gasteiger partial charge in [-0.1, -0.05) is 38.1 Å². The molecule has 0 saturated carbocycles. The topological polar surface area (TPSA) is 57.6 Å². The first-order chi connectivity index (χ1) is 10.5. The van der Waals surface area contributed by atoms with Gasteiger partial charge in [0.15, 0.2) is 0 Å². The summed E-state index contributed by atoms with van der Waals surface area (Å²) in [6.07, 6.45) is 3.41. The molecule has 120 valence electrons. The van der Waals surface area contributed by atoms with Crippen molar-refractivity contribution in [1.82, 2.24) is 4.90 Å². The Morgan fingerprint density at radius 2 is 1.91 bits per heavy atom. The van der Waals surface area contributed by atoms with E-state index in [1.165, 1.54) is 5.56 Å². The molecule has 1 aromatic carbocycles. The lowest BCUT2D eigenvalue weighted by Crippen LogP contribution is -2.48. The molecule has 0 radical (unpaired) electrons. The van der Waals surface area contributed by atoms with Crippen molar-refractivity contribution >= 4 is 11.9 Å². The zero-order chi connectivity index (χ0) is 16.1. The van der Waals surface area contributed by atoms with Gasteiger partial charge in [0.25, 0.3) is 0 Å². The summed E-state index contributed by atoms with van der Waals surface area (Å²) < 4.78 is 0. The number of aryl methyl sites for hydroxylation is 1. The van der Waals surface area contributed by atoms with Crippen LogP contribution in [0.2, 0.25) is 0 Å². The molecule has 1 aliphatic heterocycles. The fourth-order valence-electron chi connectivity index (χ4n) is 2.95. The molecule has 1 fully saturated rings. The van der Waals surface area contributed by atoms with Crippen LogP contribution < -0.4 is 0 Å². The smallest absolute Gasteiger partial charge is 0.326 e. The molecule has 1 aromatic rings. The summed E-state index contributed by atoms with van der Waals surface area (Å²) in [6.45, 7) is 4.88. The van der Waals surface area contributed by atoms with Crippen LogP contribution in [0.25, 0.3) is 0 Å². The van der Waals surface area contributed by atoms with Crippen molar-refractivity contribution in [2.45, 2.75) is 57.9 Å². The van der Waals surface area contributed by atoms with E-state index >= 15 is 0 Å². The number of carbonyl (C=O) groups excluding carboxylic acids is 1. The molecule has 1 unspecified atom stereocenters. The van der Waals surface area contributed by atoms with E-state index in [2.05, 4.69) is 38.1 Å². The lowest BCUT2D eigenvalue weighted by Gasteiger charge is -2.33. The number of piperidine rings is 1. The van der Waals surface area contributed by atoms with Crippen LogP contribution in [0.4, 0.5) is 0 Å². The highest BCUT2D eigenvalue weighted by Gasteiger charge is 2.31. The predicted octanol–water partition coefficient (Wildman–Crippen LogP) is 3.21. The van der Waals surface area contributed by atoms with Crippen LogP contribution in [-0.4, -0.2) is 34.5 Å². The Hall–Kier alpha value is -1.84. The molecule has 4 nitrogen and oxygen atoms in total. The van der Waals surface area contributed by atoms with E-state index < -0.39 is 12.0 Å². The predicted molar refractivity (Wildman–Crippen MR) is 85.8 cm³/mol. The Balaban J connectivity index is 1.92. The average Bonchev–Trinajstić information content (AvgIpc) is 2.53. The van der Waals surface area contributed by atoms with Gasteiger partial charge < -0.3 is 10.0 Å². The van der Waals surface area contributed by atoms with Gasteiger partial charge in [-0.2, -0.15) is 0 Å². The lowest BCUT2D eigenvalue weighted by molar-refractivity contribution is -0.152. The Kier molecular flexibility index (Phi) is 5.58. The van der Waals surface area contributed by atoms with Gasteiger partial charge in [0.2, 0.25) is 5.91 Å². The SMILES string of the molecule is CC(C)c1ccc(CCC(=O)N2CCCCC2C(=O)O)cc1. The second-order valence-electron chi connectivity index (χ2n) is 6.33. The number of hydrogen-bond donors (Lipinski definition) is 1. The summed E-state index contributed by atoms with van der Waals surface area (Å²) in [5.41, 5.74) is 2.42. The zero-order valence-corrected chi connectivity index (χ0v) is 13.4. The third-order valence-corrected chi connectivity index (χ3v) is 4.38. The van der Waals surface area contributed by atoms with Crippen molar-refractivity contribution in [3.8, 4) is 0 Å². The first-order valence-corrected chi connectivity index (χ1v) is 8.10. The normalized spacial score (nSPS) is 18.5. The number of hydrogen-bond acceptors (Lipinski definition) is 2. The standard InChI is InChI=1S/C18H25NO3/c1-13(2)15-9-6-14(7-10-15)8-11-17(20)19-12-4-3-5-16(19)18(21)22/h6-7,9-10,13,16H,3-5,8,11-12H2,1-2H3,(H,21,22). The Bertz CT molecular complexity index is 522. The van der Waals surface area contributed by atoms with E-state index in [-0.39, 0.29) is 5.91 Å². The fraction of sp³-hybridized carbons (Fsp3) is 0.556. The van der Waals surface area contributed by atoms with E-state index in [4.69, 9.17) is 0 Å². The van der Waals surface area contributed by atoms with Crippen molar-refractivity contribution in [1.29, 1.82) is 0 Å². The van der Waals surface area contributed by atoms with Crippen LogP contribution in [0.15, 0.2) is 24.3 Å². The summed E-state index contributed by atoms with van der Waals surface area (Å²) in [5, 5.41) is 9.23. The number of carboxylic acids is 1.